The van der Waals surface area contributed by atoms with Crippen LogP contribution in [-0.4, -0.2) is 159 Å². The van der Waals surface area contributed by atoms with Crippen molar-refractivity contribution in [1.29, 1.82) is 0 Å². The monoisotopic (exact) mass is 1270 g/mol. The van der Waals surface area contributed by atoms with E-state index in [1.165, 1.54) is 52.9 Å². The van der Waals surface area contributed by atoms with E-state index in [9.17, 15) is 9.18 Å². The molecular formula is C60H68F10N6O13+4. The van der Waals surface area contributed by atoms with E-state index >= 15 is 39.5 Å². The van der Waals surface area contributed by atoms with E-state index in [4.69, 9.17) is 56.8 Å². The smallest absolute Gasteiger partial charge is 0.491 e. The van der Waals surface area contributed by atoms with Crippen molar-refractivity contribution in [2.45, 2.75) is 24.2 Å². The van der Waals surface area contributed by atoms with E-state index in [1.807, 2.05) is 0 Å². The number of ether oxygens (including phenoxy) is 12. The van der Waals surface area contributed by atoms with Gasteiger partial charge in [-0.3, -0.25) is 5.32 Å². The Balaban J connectivity index is 1.02. The first-order valence-corrected chi connectivity index (χ1v) is 28.2. The van der Waals surface area contributed by atoms with Crippen LogP contribution in [0.3, 0.4) is 0 Å². The van der Waals surface area contributed by atoms with E-state index in [2.05, 4.69) is 10.6 Å². The molecule has 0 spiro atoms. The van der Waals surface area contributed by atoms with Crippen LogP contribution in [0.1, 0.15) is 22.9 Å². The summed E-state index contributed by atoms with van der Waals surface area (Å²) >= 11 is 0. The Kier molecular flexibility index (Phi) is 24.7. The average Bonchev–Trinajstić information content (AvgIpc) is 1.53. The molecule has 8 rings (SSSR count). The second-order valence-corrected chi connectivity index (χ2v) is 19.6. The lowest BCUT2D eigenvalue weighted by Crippen LogP contribution is -2.83. The van der Waals surface area contributed by atoms with Gasteiger partial charge in [0.2, 0.25) is 11.4 Å². The van der Waals surface area contributed by atoms with Gasteiger partial charge in [0.25, 0.3) is 11.4 Å². The number of amides is 1. The van der Waals surface area contributed by atoms with Crippen molar-refractivity contribution in [3.05, 3.63) is 144 Å². The summed E-state index contributed by atoms with van der Waals surface area (Å²) in [6.07, 6.45) is -8.71. The Labute approximate surface area is 505 Å². The predicted molar refractivity (Wildman–Crippen MR) is 291 cm³/mol. The second-order valence-electron chi connectivity index (χ2n) is 19.6. The number of carbonyl (C=O) groups excluding carboxylic acids is 1. The van der Waals surface area contributed by atoms with Crippen molar-refractivity contribution in [3.63, 3.8) is 0 Å². The van der Waals surface area contributed by atoms with Crippen LogP contribution in [0.2, 0.25) is 0 Å². The lowest BCUT2D eigenvalue weighted by Gasteiger charge is -2.23. The Bertz CT molecular complexity index is 3300. The molecule has 6 aromatic rings. The number of hydrogen-bond acceptors (Lipinski definition) is 14. The van der Waals surface area contributed by atoms with Crippen LogP contribution < -0.4 is 38.4 Å². The number of alkyl halides is 6. The van der Waals surface area contributed by atoms with Crippen LogP contribution in [0, 0.1) is 23.3 Å². The summed E-state index contributed by atoms with van der Waals surface area (Å²) in [7, 11) is 3.32. The van der Waals surface area contributed by atoms with Crippen molar-refractivity contribution in [2.24, 2.45) is 0 Å². The molecule has 2 unspecified atom stereocenters. The molecule has 19 nitrogen and oxygen atoms in total. The molecule has 89 heavy (non-hydrogen) atoms. The summed E-state index contributed by atoms with van der Waals surface area (Å²) in [5, 5.41) is 5.43. The third-order valence-corrected chi connectivity index (χ3v) is 13.8. The van der Waals surface area contributed by atoms with Crippen LogP contribution in [-0.2, 0) is 65.4 Å². The number of carbonyl (C=O) groups is 1. The summed E-state index contributed by atoms with van der Waals surface area (Å²) in [6.45, 7) is 4.87. The minimum Gasteiger partial charge on any atom is -0.491 e. The van der Waals surface area contributed by atoms with E-state index < -0.39 is 87.1 Å². The highest BCUT2D eigenvalue weighted by atomic mass is 19.4. The maximum absolute atomic E-state index is 16.8. The fraction of sp³-hybridized carbons (Fsp3) is 0.450. The Hall–Kier alpha value is -7.19. The van der Waals surface area contributed by atoms with Crippen LogP contribution in [0.5, 0.6) is 11.5 Å². The quantitative estimate of drug-likeness (QED) is 0.0188. The summed E-state index contributed by atoms with van der Waals surface area (Å²) in [5.74, 6) is -4.50. The van der Waals surface area contributed by atoms with Crippen LogP contribution in [0.4, 0.5) is 48.7 Å². The lowest BCUT2D eigenvalue weighted by molar-refractivity contribution is -1.07. The summed E-state index contributed by atoms with van der Waals surface area (Å²) in [5.41, 5.74) is -7.35. The molecule has 0 aliphatic carbocycles. The van der Waals surface area contributed by atoms with E-state index in [1.54, 1.807) is 7.05 Å². The molecule has 0 radical (unpaired) electrons. The fourth-order valence-electron chi connectivity index (χ4n) is 9.96. The fourth-order valence-corrected chi connectivity index (χ4v) is 9.96. The largest absolute Gasteiger partial charge is 0.518 e. The molecule has 2 aromatic carbocycles. The van der Waals surface area contributed by atoms with Gasteiger partial charge in [0.1, 0.15) is 76.8 Å². The summed E-state index contributed by atoms with van der Waals surface area (Å²) in [4.78, 5) is 12.1. The topological polar surface area (TPSA) is 167 Å². The number of hydrogen-bond donors (Lipinski definition) is 2. The van der Waals surface area contributed by atoms with E-state index in [0.29, 0.717) is 96.2 Å². The highest BCUT2D eigenvalue weighted by Crippen LogP contribution is 2.46. The third kappa shape index (κ3) is 17.4. The zero-order chi connectivity index (χ0) is 63.4. The number of aromatic nitrogens is 4. The SMILES string of the molecule is CNCOCCOCCOCCOCCNC(=O)OCCOCCOCCOc1cc[n+]2c(c1)-c1cc(OCCOCCOCCOC)cc[n+]1C2C1([n+]2cc(C(F)(F)F)ccc2-c2ccc(F)cc2F)c2cc(F)cc(F)c2-c2ccc(C(F)(F)F)c[n+]21. The van der Waals surface area contributed by atoms with Crippen molar-refractivity contribution < 1.29 is 124 Å². The second kappa shape index (κ2) is 32.5. The Morgan fingerprint density at radius 2 is 0.978 bits per heavy atom. The molecule has 6 heterocycles. The molecule has 1 amide bonds. The van der Waals surface area contributed by atoms with Crippen molar-refractivity contribution >= 4 is 6.09 Å². The zero-order valence-corrected chi connectivity index (χ0v) is 48.6. The number of rotatable bonds is 37. The molecule has 0 saturated heterocycles. The first-order valence-electron chi connectivity index (χ1n) is 28.2. The normalized spacial score (nSPS) is 15.0. The molecule has 29 heteroatoms. The number of nitrogens with zero attached hydrogens (tertiary/aromatic N) is 4. The number of halogens is 10. The van der Waals surface area contributed by atoms with Crippen molar-refractivity contribution in [1.82, 2.24) is 10.6 Å². The van der Waals surface area contributed by atoms with Crippen LogP contribution >= 0.6 is 0 Å². The van der Waals surface area contributed by atoms with Crippen LogP contribution in [0.15, 0.2) is 104 Å². The standard InChI is InChI=1S/C60H67F10N6O13/c1-71-40-86-26-25-82-21-20-81-18-17-79-14-11-72-57(77)89-32-29-85-24-23-84-28-31-88-46-10-13-74-54(37-46)53-36-45(87-30-27-83-22-19-80-16-15-78-2)9-12-73(53)56(74)58(75-38-41(59(65,66)67)3-7-51(75)47-6-5-43(61)34-49(47)63)48-33-44(62)35-50(64)55(48)52-8-4-42(39-76(52)58)60(68,69)70/h3-10,12-13,33-39,56,71H,11,14-32,40H2,1-2H3/q+3/p+1. The molecule has 0 saturated carbocycles. The zero-order valence-electron chi connectivity index (χ0n) is 48.6. The van der Waals surface area contributed by atoms with E-state index in [0.717, 1.165) is 39.5 Å². The highest BCUT2D eigenvalue weighted by molar-refractivity contribution is 5.68. The molecule has 2 aliphatic heterocycles. The molecule has 482 valence electrons. The van der Waals surface area contributed by atoms with Gasteiger partial charge >= 0.3 is 30.3 Å². The van der Waals surface area contributed by atoms with Crippen molar-refractivity contribution in [2.75, 3.05) is 153 Å². The molecule has 0 fully saturated rings. The van der Waals surface area contributed by atoms with Gasteiger partial charge in [0, 0.05) is 50.1 Å². The number of nitrogens with one attached hydrogen (secondary N) is 2. The van der Waals surface area contributed by atoms with Gasteiger partial charge in [0.05, 0.1) is 130 Å². The molecule has 4 aromatic heterocycles. The van der Waals surface area contributed by atoms with Gasteiger partial charge in [-0.25, -0.2) is 22.4 Å². The predicted octanol–water partition coefficient (Wildman–Crippen LogP) is 6.49. The summed E-state index contributed by atoms with van der Waals surface area (Å²) < 4.78 is 226. The first kappa shape index (κ1) is 67.7. The van der Waals surface area contributed by atoms with Gasteiger partial charge in [-0.2, -0.15) is 26.3 Å². The van der Waals surface area contributed by atoms with E-state index in [-0.39, 0.29) is 108 Å². The molecule has 2 aliphatic rings. The minimum absolute atomic E-state index is 0.00235. The number of benzene rings is 2. The highest BCUT2D eigenvalue weighted by Gasteiger charge is 2.79. The maximum atomic E-state index is 16.8. The Morgan fingerprint density at radius 1 is 0.506 bits per heavy atom. The number of methoxy groups -OCH3 is 1. The Morgan fingerprint density at radius 3 is 1.49 bits per heavy atom. The van der Waals surface area contributed by atoms with Gasteiger partial charge in [-0.1, -0.05) is 0 Å². The molecule has 0 bridgehead atoms. The van der Waals surface area contributed by atoms with Crippen molar-refractivity contribution in [3.8, 4) is 45.4 Å². The minimum atomic E-state index is -5.18. The van der Waals surface area contributed by atoms with Gasteiger partial charge < -0.3 is 62.2 Å². The van der Waals surface area contributed by atoms with Crippen LogP contribution in [0.25, 0.3) is 33.9 Å². The number of alkyl carbamates (subject to hydrolysis) is 1. The average molecular weight is 1270 g/mol. The maximum Gasteiger partial charge on any atom is 0.518 e. The lowest BCUT2D eigenvalue weighted by atomic mass is 9.91. The number of fused-ring (bicyclic) bond motifs is 6. The van der Waals surface area contributed by atoms with Gasteiger partial charge in [-0.05, 0) is 37.4 Å². The van der Waals surface area contributed by atoms with Gasteiger partial charge in [-0.15, -0.1) is 18.3 Å². The number of pyridine rings is 4. The molecule has 2 atom stereocenters. The first-order chi connectivity index (χ1) is 43.0. The molecular weight excluding hydrogens is 1200 g/mol. The summed E-state index contributed by atoms with van der Waals surface area (Å²) in [6, 6.07) is 12.5. The third-order valence-electron chi connectivity index (χ3n) is 13.8. The van der Waals surface area contributed by atoms with Gasteiger partial charge in [0.15, 0.2) is 24.8 Å². The molecule has 2 N–H and O–H groups in total.